The van der Waals surface area contributed by atoms with Crippen LogP contribution in [0.1, 0.15) is 43.7 Å². The zero-order valence-electron chi connectivity index (χ0n) is 18.0. The van der Waals surface area contributed by atoms with Crippen LogP contribution in [0.4, 0.5) is 0 Å². The number of hydrogen-bond acceptors (Lipinski definition) is 3. The van der Waals surface area contributed by atoms with Crippen LogP contribution in [0.2, 0.25) is 0 Å². The third-order valence-corrected chi connectivity index (χ3v) is 6.20. The Bertz CT molecular complexity index is 1260. The number of aromatic amines is 1. The van der Waals surface area contributed by atoms with Crippen molar-refractivity contribution in [3.63, 3.8) is 0 Å². The molecule has 3 heterocycles. The van der Waals surface area contributed by atoms with Crippen molar-refractivity contribution in [2.75, 3.05) is 14.1 Å². The number of fused-ring (bicyclic) bond motifs is 3. The minimum absolute atomic E-state index is 0.0220. The number of pyridine rings is 1. The average Bonchev–Trinajstić information content (AvgIpc) is 3.42. The van der Waals surface area contributed by atoms with Crippen LogP contribution in [0.3, 0.4) is 0 Å². The normalized spacial score (nSPS) is 15.3. The summed E-state index contributed by atoms with van der Waals surface area (Å²) in [6, 6.07) is 10.8. The fraction of sp³-hybridized carbons (Fsp3) is 0.320. The van der Waals surface area contributed by atoms with Gasteiger partial charge in [-0.15, -0.1) is 0 Å². The standard InChI is InChI=1S/C25H27N5O/c1-29(2)22(31)13-10-17-8-11-18(12-9-17)25-28-21-16-27-24-20(14-15-26-24)23(21)30(25)19-6-4-3-5-7-19/h8-16,19H,3-7H2,1-2H3,(H,26,27). The van der Waals surface area contributed by atoms with E-state index in [0.717, 1.165) is 33.5 Å². The van der Waals surface area contributed by atoms with E-state index < -0.39 is 0 Å². The van der Waals surface area contributed by atoms with Gasteiger partial charge >= 0.3 is 0 Å². The number of imidazole rings is 1. The molecule has 1 aromatic carbocycles. The first-order chi connectivity index (χ1) is 15.1. The summed E-state index contributed by atoms with van der Waals surface area (Å²) in [5.74, 6) is 0.975. The maximum atomic E-state index is 11.8. The summed E-state index contributed by atoms with van der Waals surface area (Å²) in [4.78, 5) is 26.2. The largest absolute Gasteiger partial charge is 0.346 e. The SMILES string of the molecule is CN(C)C(=O)C=Cc1ccc(-c2nc3cnc4[nH]ccc4c3n2C2CCCCC2)cc1. The van der Waals surface area contributed by atoms with Crippen molar-refractivity contribution in [3.8, 4) is 11.4 Å². The molecule has 0 saturated heterocycles. The van der Waals surface area contributed by atoms with E-state index in [1.807, 2.05) is 30.6 Å². The highest BCUT2D eigenvalue weighted by Crippen LogP contribution is 2.37. The Morgan fingerprint density at radius 1 is 1.13 bits per heavy atom. The number of likely N-dealkylation sites (N-methyl/N-ethyl adjacent to an activating group) is 1. The number of benzene rings is 1. The van der Waals surface area contributed by atoms with Crippen molar-refractivity contribution in [2.24, 2.45) is 0 Å². The molecule has 1 aliphatic rings. The van der Waals surface area contributed by atoms with Crippen molar-refractivity contribution in [1.82, 2.24) is 24.4 Å². The number of H-pyrrole nitrogens is 1. The highest BCUT2D eigenvalue weighted by molar-refractivity contribution is 6.02. The van der Waals surface area contributed by atoms with Crippen LogP contribution < -0.4 is 0 Å². The molecule has 1 aliphatic carbocycles. The third-order valence-electron chi connectivity index (χ3n) is 6.20. The van der Waals surface area contributed by atoms with Crippen molar-refractivity contribution in [3.05, 3.63) is 54.4 Å². The lowest BCUT2D eigenvalue weighted by atomic mass is 9.94. The summed E-state index contributed by atoms with van der Waals surface area (Å²) >= 11 is 0. The molecule has 3 aromatic heterocycles. The van der Waals surface area contributed by atoms with E-state index in [-0.39, 0.29) is 5.91 Å². The first-order valence-corrected chi connectivity index (χ1v) is 11.0. The van der Waals surface area contributed by atoms with Gasteiger partial charge in [0.05, 0.1) is 11.7 Å². The lowest BCUT2D eigenvalue weighted by Gasteiger charge is -2.26. The van der Waals surface area contributed by atoms with E-state index in [1.54, 1.807) is 25.1 Å². The Kier molecular flexibility index (Phi) is 5.06. The number of nitrogens with zero attached hydrogens (tertiary/aromatic N) is 4. The Balaban J connectivity index is 1.60. The molecule has 0 spiro atoms. The number of aromatic nitrogens is 4. The molecule has 0 aliphatic heterocycles. The van der Waals surface area contributed by atoms with Gasteiger partial charge in [-0.2, -0.15) is 0 Å². The van der Waals surface area contributed by atoms with Gasteiger partial charge in [0.25, 0.3) is 0 Å². The van der Waals surface area contributed by atoms with Gasteiger partial charge in [0.15, 0.2) is 0 Å². The van der Waals surface area contributed by atoms with Gasteiger partial charge in [0.2, 0.25) is 5.91 Å². The van der Waals surface area contributed by atoms with Gasteiger partial charge in [0, 0.05) is 43.4 Å². The number of carbonyl (C=O) groups excluding carboxylic acids is 1. The highest BCUT2D eigenvalue weighted by Gasteiger charge is 2.24. The van der Waals surface area contributed by atoms with E-state index in [2.05, 4.69) is 32.7 Å². The quantitative estimate of drug-likeness (QED) is 0.469. The fourth-order valence-corrected chi connectivity index (χ4v) is 4.55. The summed E-state index contributed by atoms with van der Waals surface area (Å²) in [6.45, 7) is 0. The molecular formula is C25H27N5O. The van der Waals surface area contributed by atoms with Crippen LogP contribution in [-0.4, -0.2) is 44.4 Å². The fourth-order valence-electron chi connectivity index (χ4n) is 4.55. The maximum Gasteiger partial charge on any atom is 0.246 e. The highest BCUT2D eigenvalue weighted by atomic mass is 16.2. The molecule has 4 aromatic rings. The minimum Gasteiger partial charge on any atom is -0.346 e. The molecule has 0 atom stereocenters. The van der Waals surface area contributed by atoms with Gasteiger partial charge in [0.1, 0.15) is 17.0 Å². The van der Waals surface area contributed by atoms with Gasteiger partial charge in [-0.05, 0) is 30.5 Å². The van der Waals surface area contributed by atoms with Crippen molar-refractivity contribution >= 4 is 34.1 Å². The van der Waals surface area contributed by atoms with Crippen molar-refractivity contribution in [1.29, 1.82) is 0 Å². The summed E-state index contributed by atoms with van der Waals surface area (Å²) < 4.78 is 2.45. The molecule has 0 radical (unpaired) electrons. The zero-order valence-corrected chi connectivity index (χ0v) is 18.0. The Labute approximate surface area is 181 Å². The van der Waals surface area contributed by atoms with Gasteiger partial charge < -0.3 is 14.5 Å². The molecule has 0 unspecified atom stereocenters. The maximum absolute atomic E-state index is 11.8. The number of amides is 1. The monoisotopic (exact) mass is 413 g/mol. The summed E-state index contributed by atoms with van der Waals surface area (Å²) in [7, 11) is 3.50. The molecule has 6 heteroatoms. The first-order valence-electron chi connectivity index (χ1n) is 11.0. The lowest BCUT2D eigenvalue weighted by Crippen LogP contribution is -2.18. The second kappa shape index (κ2) is 8.02. The van der Waals surface area contributed by atoms with Crippen LogP contribution in [-0.2, 0) is 4.79 Å². The van der Waals surface area contributed by atoms with E-state index in [9.17, 15) is 4.79 Å². The number of rotatable bonds is 4. The second-order valence-electron chi connectivity index (χ2n) is 8.52. The van der Waals surface area contributed by atoms with Crippen LogP contribution in [0, 0.1) is 0 Å². The number of carbonyl (C=O) groups is 1. The molecule has 1 saturated carbocycles. The van der Waals surface area contributed by atoms with Crippen molar-refractivity contribution in [2.45, 2.75) is 38.1 Å². The predicted octanol–water partition coefficient (Wildman–Crippen LogP) is 5.19. The molecule has 5 rings (SSSR count). The second-order valence-corrected chi connectivity index (χ2v) is 8.52. The first kappa shape index (κ1) is 19.5. The summed E-state index contributed by atoms with van der Waals surface area (Å²) in [5.41, 5.74) is 5.10. The number of hydrogen-bond donors (Lipinski definition) is 1. The number of nitrogens with one attached hydrogen (secondary N) is 1. The Morgan fingerprint density at radius 3 is 2.65 bits per heavy atom. The van der Waals surface area contributed by atoms with Crippen LogP contribution in [0.5, 0.6) is 0 Å². The van der Waals surface area contributed by atoms with Gasteiger partial charge in [-0.1, -0.05) is 43.5 Å². The molecule has 6 nitrogen and oxygen atoms in total. The average molecular weight is 414 g/mol. The van der Waals surface area contributed by atoms with Crippen LogP contribution in [0.25, 0.3) is 39.5 Å². The molecule has 158 valence electrons. The van der Waals surface area contributed by atoms with E-state index in [0.29, 0.717) is 6.04 Å². The third kappa shape index (κ3) is 3.63. The Morgan fingerprint density at radius 2 is 1.90 bits per heavy atom. The molecule has 1 N–H and O–H groups in total. The van der Waals surface area contributed by atoms with E-state index in [1.165, 1.54) is 37.6 Å². The molecular weight excluding hydrogens is 386 g/mol. The van der Waals surface area contributed by atoms with Gasteiger partial charge in [-0.25, -0.2) is 9.97 Å². The van der Waals surface area contributed by atoms with Crippen molar-refractivity contribution < 1.29 is 4.79 Å². The lowest BCUT2D eigenvalue weighted by molar-refractivity contribution is -0.123. The summed E-state index contributed by atoms with van der Waals surface area (Å²) in [6.07, 6.45) is 13.5. The van der Waals surface area contributed by atoms with Gasteiger partial charge in [-0.3, -0.25) is 4.79 Å². The minimum atomic E-state index is -0.0220. The van der Waals surface area contributed by atoms with Crippen LogP contribution >= 0.6 is 0 Å². The Hall–Kier alpha value is -3.41. The van der Waals surface area contributed by atoms with E-state index >= 15 is 0 Å². The zero-order chi connectivity index (χ0) is 21.4. The molecule has 31 heavy (non-hydrogen) atoms. The molecule has 1 amide bonds. The van der Waals surface area contributed by atoms with E-state index in [4.69, 9.17) is 4.98 Å². The molecule has 1 fully saturated rings. The predicted molar refractivity (Wildman–Crippen MR) is 125 cm³/mol. The molecule has 0 bridgehead atoms. The summed E-state index contributed by atoms with van der Waals surface area (Å²) in [5, 5.41) is 1.13. The van der Waals surface area contributed by atoms with Crippen LogP contribution in [0.15, 0.2) is 48.8 Å². The smallest absolute Gasteiger partial charge is 0.246 e. The topological polar surface area (TPSA) is 66.8 Å².